The zero-order valence-corrected chi connectivity index (χ0v) is 8.06. The number of aromatic nitrogens is 2. The quantitative estimate of drug-likeness (QED) is 0.675. The van der Waals surface area contributed by atoms with Crippen LogP contribution < -0.4 is 11.5 Å². The van der Waals surface area contributed by atoms with Gasteiger partial charge in [0, 0.05) is 6.42 Å². The highest BCUT2D eigenvalue weighted by Crippen LogP contribution is 2.08. The average molecular weight is 198 g/mol. The van der Waals surface area contributed by atoms with E-state index in [9.17, 15) is 4.79 Å². The van der Waals surface area contributed by atoms with Gasteiger partial charge in [-0.15, -0.1) is 0 Å². The molecule has 0 aliphatic heterocycles. The van der Waals surface area contributed by atoms with Gasteiger partial charge in [-0.2, -0.15) is 4.98 Å². The molecular formula is C8H14N4O2. The number of nitrogens with two attached hydrogens (primary N) is 2. The van der Waals surface area contributed by atoms with Crippen molar-refractivity contribution in [2.24, 2.45) is 17.4 Å². The monoisotopic (exact) mass is 198 g/mol. The van der Waals surface area contributed by atoms with Crippen molar-refractivity contribution in [1.29, 1.82) is 0 Å². The molecule has 1 heterocycles. The first kappa shape index (κ1) is 10.6. The minimum absolute atomic E-state index is 0.0770. The molecule has 6 nitrogen and oxygen atoms in total. The van der Waals surface area contributed by atoms with Gasteiger partial charge in [0.1, 0.15) is 0 Å². The van der Waals surface area contributed by atoms with Crippen molar-refractivity contribution >= 4 is 5.91 Å². The molecule has 0 saturated heterocycles. The molecule has 0 radical (unpaired) electrons. The fourth-order valence-corrected chi connectivity index (χ4v) is 1.08. The summed E-state index contributed by atoms with van der Waals surface area (Å²) in [5, 5.41) is 3.44. The van der Waals surface area contributed by atoms with E-state index in [1.807, 2.05) is 6.92 Å². The molecule has 0 aliphatic carbocycles. The van der Waals surface area contributed by atoms with Crippen molar-refractivity contribution < 1.29 is 9.32 Å². The Kier molecular flexibility index (Phi) is 3.58. The first-order chi connectivity index (χ1) is 6.67. The second-order valence-electron chi connectivity index (χ2n) is 3.09. The number of primary amides is 1. The Labute approximate surface area is 81.6 Å². The maximum absolute atomic E-state index is 10.7. The summed E-state index contributed by atoms with van der Waals surface area (Å²) in [6, 6.07) is 0. The van der Waals surface area contributed by atoms with Crippen LogP contribution in [0, 0.1) is 5.92 Å². The third-order valence-corrected chi connectivity index (χ3v) is 2.06. The molecule has 1 rings (SSSR count). The summed E-state index contributed by atoms with van der Waals surface area (Å²) in [5.41, 5.74) is 10.5. The lowest BCUT2D eigenvalue weighted by atomic mass is 10.0. The van der Waals surface area contributed by atoms with Crippen molar-refractivity contribution in [3.8, 4) is 0 Å². The van der Waals surface area contributed by atoms with E-state index in [4.69, 9.17) is 16.0 Å². The number of carbonyl (C=O) groups excluding carboxylic acids is 1. The Bertz CT molecular complexity index is 306. The predicted molar refractivity (Wildman–Crippen MR) is 49.4 cm³/mol. The molecule has 4 N–H and O–H groups in total. The fourth-order valence-electron chi connectivity index (χ4n) is 1.08. The van der Waals surface area contributed by atoms with Gasteiger partial charge in [0.2, 0.25) is 5.89 Å². The van der Waals surface area contributed by atoms with Crippen molar-refractivity contribution in [2.75, 3.05) is 6.54 Å². The van der Waals surface area contributed by atoms with Gasteiger partial charge >= 0.3 is 0 Å². The van der Waals surface area contributed by atoms with E-state index in [0.717, 1.165) is 6.42 Å². The molecule has 6 heteroatoms. The number of hydrogen-bond acceptors (Lipinski definition) is 5. The van der Waals surface area contributed by atoms with Crippen LogP contribution in [0.4, 0.5) is 0 Å². The smallest absolute Gasteiger partial charge is 0.290 e. The van der Waals surface area contributed by atoms with Crippen LogP contribution in [0.3, 0.4) is 0 Å². The zero-order chi connectivity index (χ0) is 10.6. The van der Waals surface area contributed by atoms with Gasteiger partial charge in [-0.1, -0.05) is 18.5 Å². The fraction of sp³-hybridized carbons (Fsp3) is 0.625. The lowest BCUT2D eigenvalue weighted by molar-refractivity contribution is 0.0987. The van der Waals surface area contributed by atoms with Gasteiger partial charge in [0.25, 0.3) is 11.7 Å². The molecule has 78 valence electrons. The molecule has 1 aromatic heterocycles. The lowest BCUT2D eigenvalue weighted by Crippen LogP contribution is -2.16. The summed E-state index contributed by atoms with van der Waals surface area (Å²) >= 11 is 0. The Balaban J connectivity index is 2.63. The van der Waals surface area contributed by atoms with E-state index in [-0.39, 0.29) is 5.82 Å². The van der Waals surface area contributed by atoms with E-state index in [1.54, 1.807) is 0 Å². The Hall–Kier alpha value is -1.43. The van der Waals surface area contributed by atoms with E-state index < -0.39 is 5.91 Å². The summed E-state index contributed by atoms with van der Waals surface area (Å²) in [6.07, 6.45) is 1.53. The molecule has 1 unspecified atom stereocenters. The molecule has 0 saturated carbocycles. The molecule has 0 bridgehead atoms. The predicted octanol–water partition coefficient (Wildman–Crippen LogP) is -0.304. The number of nitrogens with zero attached hydrogens (tertiary/aromatic N) is 2. The van der Waals surface area contributed by atoms with Crippen LogP contribution in [-0.2, 0) is 6.42 Å². The van der Waals surface area contributed by atoms with Crippen LogP contribution in [0.25, 0.3) is 0 Å². The minimum atomic E-state index is -0.680. The van der Waals surface area contributed by atoms with Crippen molar-refractivity contribution in [3.63, 3.8) is 0 Å². The Morgan fingerprint density at radius 2 is 2.36 bits per heavy atom. The minimum Gasteiger partial charge on any atom is -0.363 e. The first-order valence-electron chi connectivity index (χ1n) is 4.49. The summed E-state index contributed by atoms with van der Waals surface area (Å²) in [4.78, 5) is 14.5. The maximum atomic E-state index is 10.7. The van der Waals surface area contributed by atoms with E-state index >= 15 is 0 Å². The van der Waals surface area contributed by atoms with E-state index in [0.29, 0.717) is 24.8 Å². The summed E-state index contributed by atoms with van der Waals surface area (Å²) in [5.74, 6) is -0.0417. The lowest BCUT2D eigenvalue weighted by Gasteiger charge is -2.07. The van der Waals surface area contributed by atoms with Crippen LogP contribution in [0.1, 0.15) is 29.9 Å². The maximum Gasteiger partial charge on any atom is 0.290 e. The molecule has 0 fully saturated rings. The highest BCUT2D eigenvalue weighted by Gasteiger charge is 2.14. The molecule has 1 atom stereocenters. The topological polar surface area (TPSA) is 108 Å². The molecule has 1 aromatic rings. The summed E-state index contributed by atoms with van der Waals surface area (Å²) < 4.78 is 4.84. The standard InChI is InChI=1S/C8H14N4O2/c1-2-5(4-9)3-6-11-8(7(10)13)12-14-6/h5H,2-4,9H2,1H3,(H2,10,13). The number of amides is 1. The Morgan fingerprint density at radius 1 is 1.64 bits per heavy atom. The SMILES string of the molecule is CCC(CN)Cc1nc(C(N)=O)no1. The van der Waals surface area contributed by atoms with Crippen LogP contribution >= 0.6 is 0 Å². The van der Waals surface area contributed by atoms with Gasteiger partial charge in [0.05, 0.1) is 0 Å². The third kappa shape index (κ3) is 2.53. The largest absolute Gasteiger partial charge is 0.363 e. The second-order valence-corrected chi connectivity index (χ2v) is 3.09. The van der Waals surface area contributed by atoms with Crippen LogP contribution in [-0.4, -0.2) is 22.6 Å². The molecule has 0 aliphatic rings. The molecule has 0 aromatic carbocycles. The summed E-state index contributed by atoms with van der Waals surface area (Å²) in [7, 11) is 0. The van der Waals surface area contributed by atoms with Gasteiger partial charge in [-0.25, -0.2) is 0 Å². The summed E-state index contributed by atoms with van der Waals surface area (Å²) in [6.45, 7) is 2.59. The highest BCUT2D eigenvalue weighted by atomic mass is 16.5. The van der Waals surface area contributed by atoms with Crippen LogP contribution in [0.5, 0.6) is 0 Å². The van der Waals surface area contributed by atoms with E-state index in [1.165, 1.54) is 0 Å². The van der Waals surface area contributed by atoms with Gasteiger partial charge in [-0.05, 0) is 12.5 Å². The normalized spacial score (nSPS) is 12.7. The van der Waals surface area contributed by atoms with Crippen molar-refractivity contribution in [2.45, 2.75) is 19.8 Å². The zero-order valence-electron chi connectivity index (χ0n) is 8.06. The number of rotatable bonds is 5. The average Bonchev–Trinajstić information content (AvgIpc) is 2.62. The van der Waals surface area contributed by atoms with Crippen LogP contribution in [0.2, 0.25) is 0 Å². The molecular weight excluding hydrogens is 184 g/mol. The second kappa shape index (κ2) is 4.71. The Morgan fingerprint density at radius 3 is 2.79 bits per heavy atom. The highest BCUT2D eigenvalue weighted by molar-refractivity contribution is 5.88. The molecule has 0 spiro atoms. The van der Waals surface area contributed by atoms with Crippen LogP contribution in [0.15, 0.2) is 4.52 Å². The van der Waals surface area contributed by atoms with Gasteiger partial charge in [-0.3, -0.25) is 4.79 Å². The van der Waals surface area contributed by atoms with Crippen molar-refractivity contribution in [1.82, 2.24) is 10.1 Å². The molecule has 14 heavy (non-hydrogen) atoms. The van der Waals surface area contributed by atoms with E-state index in [2.05, 4.69) is 10.1 Å². The number of carbonyl (C=O) groups is 1. The van der Waals surface area contributed by atoms with Gasteiger partial charge < -0.3 is 16.0 Å². The number of hydrogen-bond donors (Lipinski definition) is 2. The third-order valence-electron chi connectivity index (χ3n) is 2.06. The van der Waals surface area contributed by atoms with Crippen molar-refractivity contribution in [3.05, 3.63) is 11.7 Å². The first-order valence-corrected chi connectivity index (χ1v) is 4.49. The van der Waals surface area contributed by atoms with Gasteiger partial charge in [0.15, 0.2) is 0 Å². The molecule has 1 amide bonds.